The van der Waals surface area contributed by atoms with Crippen molar-refractivity contribution in [1.82, 2.24) is 9.78 Å². The first kappa shape index (κ1) is 21.9. The molecule has 7 heteroatoms. The van der Waals surface area contributed by atoms with E-state index in [0.29, 0.717) is 40.2 Å². The first-order valence-corrected chi connectivity index (χ1v) is 10.8. The molecule has 0 spiro atoms. The van der Waals surface area contributed by atoms with Crippen molar-refractivity contribution >= 4 is 34.8 Å². The molecule has 4 aromatic rings. The molecule has 162 valence electrons. The number of anilines is 1. The number of aromatic nitrogens is 2. The summed E-state index contributed by atoms with van der Waals surface area (Å²) >= 11 is 12.4. The van der Waals surface area contributed by atoms with Crippen LogP contribution in [0.2, 0.25) is 10.0 Å². The number of nitrogens with one attached hydrogen (secondary N) is 1. The number of carbonyl (C=O) groups excluding carboxylic acids is 1. The van der Waals surface area contributed by atoms with Gasteiger partial charge in [-0.3, -0.25) is 9.48 Å². The molecule has 5 nitrogen and oxygen atoms in total. The van der Waals surface area contributed by atoms with Crippen molar-refractivity contribution in [2.45, 2.75) is 20.1 Å². The van der Waals surface area contributed by atoms with Gasteiger partial charge in [-0.25, -0.2) is 0 Å². The molecular weight excluding hydrogens is 445 g/mol. The van der Waals surface area contributed by atoms with E-state index in [1.54, 1.807) is 29.2 Å². The maximum absolute atomic E-state index is 12.6. The van der Waals surface area contributed by atoms with Crippen LogP contribution in [0.25, 0.3) is 0 Å². The van der Waals surface area contributed by atoms with E-state index in [4.69, 9.17) is 27.9 Å². The molecule has 4 rings (SSSR count). The number of carbonyl (C=O) groups is 1. The highest BCUT2D eigenvalue weighted by Gasteiger charge is 2.09. The highest BCUT2D eigenvalue weighted by atomic mass is 35.5. The Bertz CT molecular complexity index is 1240. The van der Waals surface area contributed by atoms with E-state index in [0.717, 1.165) is 16.7 Å². The van der Waals surface area contributed by atoms with Crippen LogP contribution in [-0.2, 0) is 13.2 Å². The average Bonchev–Trinajstić information content (AvgIpc) is 3.23. The maximum atomic E-state index is 12.6. The van der Waals surface area contributed by atoms with Gasteiger partial charge in [-0.05, 0) is 53.9 Å². The number of benzene rings is 3. The third-order valence-electron chi connectivity index (χ3n) is 4.88. The summed E-state index contributed by atoms with van der Waals surface area (Å²) in [4.78, 5) is 12.6. The van der Waals surface area contributed by atoms with Crippen molar-refractivity contribution in [3.63, 3.8) is 0 Å². The van der Waals surface area contributed by atoms with Gasteiger partial charge in [0, 0.05) is 16.8 Å². The van der Waals surface area contributed by atoms with Gasteiger partial charge in [-0.1, -0.05) is 59.6 Å². The van der Waals surface area contributed by atoms with Crippen molar-refractivity contribution in [3.05, 3.63) is 111 Å². The van der Waals surface area contributed by atoms with Gasteiger partial charge in [0.25, 0.3) is 5.91 Å². The minimum atomic E-state index is -0.212. The molecule has 0 fully saturated rings. The molecule has 0 atom stereocenters. The zero-order valence-corrected chi connectivity index (χ0v) is 18.9. The van der Waals surface area contributed by atoms with Crippen molar-refractivity contribution in [2.75, 3.05) is 5.32 Å². The molecule has 0 aliphatic heterocycles. The van der Waals surface area contributed by atoms with E-state index in [1.165, 1.54) is 0 Å². The van der Waals surface area contributed by atoms with Crippen LogP contribution in [0, 0.1) is 6.92 Å². The van der Waals surface area contributed by atoms with E-state index in [1.807, 2.05) is 61.5 Å². The predicted octanol–water partition coefficient (Wildman–Crippen LogP) is 6.38. The van der Waals surface area contributed by atoms with Gasteiger partial charge in [0.05, 0.1) is 23.5 Å². The molecule has 32 heavy (non-hydrogen) atoms. The zero-order valence-electron chi connectivity index (χ0n) is 17.4. The number of halogens is 2. The number of rotatable bonds is 7. The summed E-state index contributed by atoms with van der Waals surface area (Å²) in [5.41, 5.74) is 4.13. The molecule has 1 amide bonds. The molecule has 0 saturated carbocycles. The summed E-state index contributed by atoms with van der Waals surface area (Å²) in [5, 5.41) is 8.42. The van der Waals surface area contributed by atoms with Crippen LogP contribution in [0.15, 0.2) is 79.1 Å². The predicted molar refractivity (Wildman–Crippen MR) is 128 cm³/mol. The molecule has 0 radical (unpaired) electrons. The molecule has 0 aliphatic carbocycles. The normalized spacial score (nSPS) is 10.7. The molecule has 1 N–H and O–H groups in total. The van der Waals surface area contributed by atoms with Gasteiger partial charge in [0.2, 0.25) is 0 Å². The fourth-order valence-corrected chi connectivity index (χ4v) is 3.52. The Hall–Kier alpha value is -3.28. The number of amides is 1. The minimum absolute atomic E-state index is 0.212. The van der Waals surface area contributed by atoms with Gasteiger partial charge < -0.3 is 10.1 Å². The monoisotopic (exact) mass is 465 g/mol. The second kappa shape index (κ2) is 9.90. The Morgan fingerprint density at radius 3 is 2.59 bits per heavy atom. The smallest absolute Gasteiger partial charge is 0.255 e. The Kier molecular flexibility index (Phi) is 6.78. The Labute approximate surface area is 196 Å². The van der Waals surface area contributed by atoms with E-state index in [2.05, 4.69) is 10.4 Å². The lowest BCUT2D eigenvalue weighted by Crippen LogP contribution is -2.11. The Morgan fingerprint density at radius 2 is 1.81 bits per heavy atom. The average molecular weight is 466 g/mol. The molecular formula is C25H21Cl2N3O2. The standard InChI is InChI=1S/C25H21Cl2N3O2/c1-17-6-11-23(27)24(12-17)32-16-18-7-9-19(10-8-18)25(31)29-21-13-28-30(15-21)14-20-4-2-3-5-22(20)26/h2-13,15H,14,16H2,1H3,(H,29,31). The van der Waals surface area contributed by atoms with Gasteiger partial charge >= 0.3 is 0 Å². The summed E-state index contributed by atoms with van der Waals surface area (Å²) in [6.07, 6.45) is 3.39. The van der Waals surface area contributed by atoms with E-state index < -0.39 is 0 Å². The Morgan fingerprint density at radius 1 is 1.03 bits per heavy atom. The summed E-state index contributed by atoms with van der Waals surface area (Å²) in [6, 6.07) is 20.5. The van der Waals surface area contributed by atoms with Gasteiger partial charge in [-0.2, -0.15) is 5.10 Å². The van der Waals surface area contributed by atoms with Crippen LogP contribution >= 0.6 is 23.2 Å². The zero-order chi connectivity index (χ0) is 22.5. The second-order valence-corrected chi connectivity index (χ2v) is 8.21. The van der Waals surface area contributed by atoms with Crippen LogP contribution in [-0.4, -0.2) is 15.7 Å². The van der Waals surface area contributed by atoms with Crippen molar-refractivity contribution in [3.8, 4) is 5.75 Å². The molecule has 3 aromatic carbocycles. The third-order valence-corrected chi connectivity index (χ3v) is 5.56. The van der Waals surface area contributed by atoms with Crippen LogP contribution in [0.1, 0.15) is 27.0 Å². The number of aryl methyl sites for hydroxylation is 1. The van der Waals surface area contributed by atoms with Crippen LogP contribution in [0.3, 0.4) is 0 Å². The van der Waals surface area contributed by atoms with Crippen LogP contribution in [0.4, 0.5) is 5.69 Å². The number of ether oxygens (including phenoxy) is 1. The molecule has 0 aliphatic rings. The fraction of sp³-hybridized carbons (Fsp3) is 0.120. The van der Waals surface area contributed by atoms with E-state index >= 15 is 0 Å². The highest BCUT2D eigenvalue weighted by molar-refractivity contribution is 6.32. The van der Waals surface area contributed by atoms with Crippen molar-refractivity contribution < 1.29 is 9.53 Å². The minimum Gasteiger partial charge on any atom is -0.487 e. The lowest BCUT2D eigenvalue weighted by Gasteiger charge is -2.09. The Balaban J connectivity index is 1.34. The summed E-state index contributed by atoms with van der Waals surface area (Å²) < 4.78 is 7.54. The van der Waals surface area contributed by atoms with E-state index in [-0.39, 0.29) is 5.91 Å². The largest absolute Gasteiger partial charge is 0.487 e. The topological polar surface area (TPSA) is 56.1 Å². The molecule has 1 heterocycles. The number of hydrogen-bond acceptors (Lipinski definition) is 3. The summed E-state index contributed by atoms with van der Waals surface area (Å²) in [5.74, 6) is 0.429. The molecule has 0 unspecified atom stereocenters. The summed E-state index contributed by atoms with van der Waals surface area (Å²) in [7, 11) is 0. The molecule has 1 aromatic heterocycles. The fourth-order valence-electron chi connectivity index (χ4n) is 3.15. The van der Waals surface area contributed by atoms with Crippen LogP contribution in [0.5, 0.6) is 5.75 Å². The lowest BCUT2D eigenvalue weighted by atomic mass is 10.1. The number of nitrogens with zero attached hydrogens (tertiary/aromatic N) is 2. The third kappa shape index (κ3) is 5.49. The SMILES string of the molecule is Cc1ccc(Cl)c(OCc2ccc(C(=O)Nc3cnn(Cc4ccccc4Cl)c3)cc2)c1. The second-order valence-electron chi connectivity index (χ2n) is 7.39. The van der Waals surface area contributed by atoms with E-state index in [9.17, 15) is 4.79 Å². The van der Waals surface area contributed by atoms with Gasteiger partial charge in [0.1, 0.15) is 12.4 Å². The molecule has 0 saturated heterocycles. The van der Waals surface area contributed by atoms with Crippen molar-refractivity contribution in [2.24, 2.45) is 0 Å². The number of hydrogen-bond donors (Lipinski definition) is 1. The quantitative estimate of drug-likeness (QED) is 0.344. The highest BCUT2D eigenvalue weighted by Crippen LogP contribution is 2.26. The van der Waals surface area contributed by atoms with Crippen molar-refractivity contribution in [1.29, 1.82) is 0 Å². The van der Waals surface area contributed by atoms with Crippen LogP contribution < -0.4 is 10.1 Å². The first-order chi connectivity index (χ1) is 15.5. The lowest BCUT2D eigenvalue weighted by molar-refractivity contribution is 0.102. The maximum Gasteiger partial charge on any atom is 0.255 e. The first-order valence-electron chi connectivity index (χ1n) is 10.0. The summed E-state index contributed by atoms with van der Waals surface area (Å²) in [6.45, 7) is 2.87. The molecule has 0 bridgehead atoms. The van der Waals surface area contributed by atoms with Gasteiger partial charge in [-0.15, -0.1) is 0 Å². The van der Waals surface area contributed by atoms with Gasteiger partial charge in [0.15, 0.2) is 0 Å².